The van der Waals surface area contributed by atoms with E-state index in [-0.39, 0.29) is 17.9 Å². The van der Waals surface area contributed by atoms with Gasteiger partial charge in [-0.05, 0) is 49.9 Å². The summed E-state index contributed by atoms with van der Waals surface area (Å²) in [6.07, 6.45) is 6.04. The number of amides is 2. The third-order valence-corrected chi connectivity index (χ3v) is 4.63. The fourth-order valence-electron chi connectivity index (χ4n) is 3.22. The molecule has 2 atom stereocenters. The van der Waals surface area contributed by atoms with Crippen molar-refractivity contribution in [1.29, 1.82) is 0 Å². The zero-order chi connectivity index (χ0) is 17.6. The van der Waals surface area contributed by atoms with Gasteiger partial charge in [-0.25, -0.2) is 0 Å². The van der Waals surface area contributed by atoms with Gasteiger partial charge in [0.15, 0.2) is 0 Å². The standard InChI is InChI=1S/C20H23N3O2/c1-15(17-10-7-12-21-14-17)22-19(24)18-11-5-6-13-23(18)20(25)16-8-3-2-4-9-16/h2-4,7-10,12,14-15,18H,5-6,11,13H2,1H3,(H,22,24). The van der Waals surface area contributed by atoms with Crippen LogP contribution < -0.4 is 5.32 Å². The van der Waals surface area contributed by atoms with Crippen LogP contribution in [-0.2, 0) is 4.79 Å². The lowest BCUT2D eigenvalue weighted by Crippen LogP contribution is -2.52. The number of benzene rings is 1. The molecule has 0 radical (unpaired) electrons. The number of carbonyl (C=O) groups is 2. The van der Waals surface area contributed by atoms with Crippen LogP contribution in [-0.4, -0.2) is 34.3 Å². The van der Waals surface area contributed by atoms with Crippen molar-refractivity contribution < 1.29 is 9.59 Å². The normalized spacial score (nSPS) is 18.4. The van der Waals surface area contributed by atoms with E-state index in [1.54, 1.807) is 29.4 Å². The molecule has 2 aromatic rings. The molecule has 2 amide bonds. The summed E-state index contributed by atoms with van der Waals surface area (Å²) in [7, 11) is 0. The Morgan fingerprint density at radius 3 is 2.68 bits per heavy atom. The van der Waals surface area contributed by atoms with Gasteiger partial charge in [0.1, 0.15) is 6.04 Å². The van der Waals surface area contributed by atoms with E-state index in [0.29, 0.717) is 18.5 Å². The summed E-state index contributed by atoms with van der Waals surface area (Å²) in [5.74, 6) is -0.171. The highest BCUT2D eigenvalue weighted by Crippen LogP contribution is 2.21. The van der Waals surface area contributed by atoms with Crippen molar-refractivity contribution >= 4 is 11.8 Å². The third-order valence-electron chi connectivity index (χ3n) is 4.63. The largest absolute Gasteiger partial charge is 0.348 e. The number of nitrogens with zero attached hydrogens (tertiary/aromatic N) is 2. The van der Waals surface area contributed by atoms with Gasteiger partial charge < -0.3 is 10.2 Å². The molecule has 1 aromatic carbocycles. The molecule has 130 valence electrons. The van der Waals surface area contributed by atoms with E-state index < -0.39 is 6.04 Å². The second-order valence-corrected chi connectivity index (χ2v) is 6.39. The Hall–Kier alpha value is -2.69. The second-order valence-electron chi connectivity index (χ2n) is 6.39. The Kier molecular flexibility index (Phi) is 5.43. The number of hydrogen-bond donors (Lipinski definition) is 1. The van der Waals surface area contributed by atoms with Gasteiger partial charge in [-0.2, -0.15) is 0 Å². The smallest absolute Gasteiger partial charge is 0.254 e. The van der Waals surface area contributed by atoms with Crippen LogP contribution in [0.5, 0.6) is 0 Å². The van der Waals surface area contributed by atoms with Crippen molar-refractivity contribution in [3.05, 3.63) is 66.0 Å². The minimum Gasteiger partial charge on any atom is -0.348 e. The van der Waals surface area contributed by atoms with Crippen molar-refractivity contribution in [2.75, 3.05) is 6.54 Å². The molecule has 1 aromatic heterocycles. The van der Waals surface area contributed by atoms with Gasteiger partial charge in [0.25, 0.3) is 5.91 Å². The van der Waals surface area contributed by atoms with Crippen molar-refractivity contribution in [3.8, 4) is 0 Å². The monoisotopic (exact) mass is 337 g/mol. The number of aromatic nitrogens is 1. The molecule has 25 heavy (non-hydrogen) atoms. The maximum Gasteiger partial charge on any atom is 0.254 e. The van der Waals surface area contributed by atoms with Crippen LogP contribution in [0.25, 0.3) is 0 Å². The predicted molar refractivity (Wildman–Crippen MR) is 95.9 cm³/mol. The summed E-state index contributed by atoms with van der Waals surface area (Å²) < 4.78 is 0. The lowest BCUT2D eigenvalue weighted by atomic mass is 9.99. The van der Waals surface area contributed by atoms with E-state index in [0.717, 1.165) is 18.4 Å². The molecule has 0 bridgehead atoms. The number of piperidine rings is 1. The summed E-state index contributed by atoms with van der Waals surface area (Å²) in [5.41, 5.74) is 1.58. The lowest BCUT2D eigenvalue weighted by molar-refractivity contribution is -0.127. The highest BCUT2D eigenvalue weighted by molar-refractivity contribution is 5.97. The molecular formula is C20H23N3O2. The van der Waals surface area contributed by atoms with E-state index >= 15 is 0 Å². The molecule has 0 aliphatic carbocycles. The number of nitrogens with one attached hydrogen (secondary N) is 1. The van der Waals surface area contributed by atoms with Crippen LogP contribution in [0.3, 0.4) is 0 Å². The molecule has 3 rings (SSSR count). The fourth-order valence-corrected chi connectivity index (χ4v) is 3.22. The molecule has 1 aliphatic heterocycles. The van der Waals surface area contributed by atoms with Crippen molar-refractivity contribution in [2.24, 2.45) is 0 Å². The van der Waals surface area contributed by atoms with Crippen LogP contribution in [0.4, 0.5) is 0 Å². The Morgan fingerprint density at radius 1 is 1.16 bits per heavy atom. The molecule has 5 heteroatoms. The maximum atomic E-state index is 12.8. The quantitative estimate of drug-likeness (QED) is 0.933. The summed E-state index contributed by atoms with van der Waals surface area (Å²) in [6, 6.07) is 12.4. The third kappa shape index (κ3) is 4.05. The van der Waals surface area contributed by atoms with Crippen LogP contribution in [0.15, 0.2) is 54.9 Å². The Bertz CT molecular complexity index is 718. The van der Waals surface area contributed by atoms with Gasteiger partial charge in [0.05, 0.1) is 6.04 Å². The van der Waals surface area contributed by atoms with Crippen LogP contribution in [0, 0.1) is 0 Å². The molecule has 1 N–H and O–H groups in total. The van der Waals surface area contributed by atoms with E-state index in [1.165, 1.54) is 0 Å². The maximum absolute atomic E-state index is 12.8. The molecule has 0 saturated carbocycles. The van der Waals surface area contributed by atoms with E-state index in [2.05, 4.69) is 10.3 Å². The Labute approximate surface area is 148 Å². The molecule has 2 heterocycles. The van der Waals surface area contributed by atoms with E-state index in [9.17, 15) is 9.59 Å². The van der Waals surface area contributed by atoms with Gasteiger partial charge in [0, 0.05) is 24.5 Å². The van der Waals surface area contributed by atoms with E-state index in [4.69, 9.17) is 0 Å². The van der Waals surface area contributed by atoms with Crippen LogP contribution >= 0.6 is 0 Å². The number of likely N-dealkylation sites (tertiary alicyclic amines) is 1. The first-order valence-electron chi connectivity index (χ1n) is 8.73. The zero-order valence-electron chi connectivity index (χ0n) is 14.4. The topological polar surface area (TPSA) is 62.3 Å². The SMILES string of the molecule is CC(NC(=O)C1CCCCN1C(=O)c1ccccc1)c1cccnc1. The highest BCUT2D eigenvalue weighted by atomic mass is 16.2. The first kappa shape index (κ1) is 17.1. The highest BCUT2D eigenvalue weighted by Gasteiger charge is 2.33. The van der Waals surface area contributed by atoms with Crippen LogP contribution in [0.1, 0.15) is 48.1 Å². The summed E-state index contributed by atoms with van der Waals surface area (Å²) in [5, 5.41) is 3.03. The molecule has 5 nitrogen and oxygen atoms in total. The average Bonchev–Trinajstić information content (AvgIpc) is 2.68. The van der Waals surface area contributed by atoms with Gasteiger partial charge in [-0.1, -0.05) is 24.3 Å². The van der Waals surface area contributed by atoms with Gasteiger partial charge in [-0.15, -0.1) is 0 Å². The second kappa shape index (κ2) is 7.92. The first-order valence-corrected chi connectivity index (χ1v) is 8.73. The van der Waals surface area contributed by atoms with Gasteiger partial charge in [-0.3, -0.25) is 14.6 Å². The number of hydrogen-bond acceptors (Lipinski definition) is 3. The molecule has 1 fully saturated rings. The van der Waals surface area contributed by atoms with Crippen molar-refractivity contribution in [2.45, 2.75) is 38.3 Å². The predicted octanol–water partition coefficient (Wildman–Crippen LogP) is 2.95. The molecule has 1 saturated heterocycles. The molecule has 0 spiro atoms. The number of pyridine rings is 1. The van der Waals surface area contributed by atoms with Gasteiger partial charge in [0.2, 0.25) is 5.91 Å². The summed E-state index contributed by atoms with van der Waals surface area (Å²) >= 11 is 0. The summed E-state index contributed by atoms with van der Waals surface area (Å²) in [4.78, 5) is 31.4. The average molecular weight is 337 g/mol. The Balaban J connectivity index is 1.72. The van der Waals surface area contributed by atoms with Crippen LogP contribution in [0.2, 0.25) is 0 Å². The zero-order valence-corrected chi connectivity index (χ0v) is 14.4. The lowest BCUT2D eigenvalue weighted by Gasteiger charge is -2.35. The number of rotatable bonds is 4. The fraction of sp³-hybridized carbons (Fsp3) is 0.350. The minimum atomic E-state index is -0.416. The summed E-state index contributed by atoms with van der Waals surface area (Å²) in [6.45, 7) is 2.55. The minimum absolute atomic E-state index is 0.0746. The van der Waals surface area contributed by atoms with Gasteiger partial charge >= 0.3 is 0 Å². The molecule has 2 unspecified atom stereocenters. The van der Waals surface area contributed by atoms with Crippen molar-refractivity contribution in [3.63, 3.8) is 0 Å². The molecular weight excluding hydrogens is 314 g/mol. The van der Waals surface area contributed by atoms with E-state index in [1.807, 2.05) is 37.3 Å². The first-order chi connectivity index (χ1) is 12.2. The Morgan fingerprint density at radius 2 is 1.96 bits per heavy atom. The van der Waals surface area contributed by atoms with Crippen molar-refractivity contribution in [1.82, 2.24) is 15.2 Å². The molecule has 1 aliphatic rings. The number of carbonyl (C=O) groups excluding carboxylic acids is 2.